The number of aliphatic hydroxyl groups is 1. The van der Waals surface area contributed by atoms with E-state index >= 15 is 0 Å². The van der Waals surface area contributed by atoms with Crippen molar-refractivity contribution >= 4 is 0 Å². The zero-order valence-corrected chi connectivity index (χ0v) is 13.0. The van der Waals surface area contributed by atoms with Gasteiger partial charge in [0.05, 0.1) is 5.60 Å². The van der Waals surface area contributed by atoms with Gasteiger partial charge >= 0.3 is 0 Å². The highest BCUT2D eigenvalue weighted by atomic mass is 16.7. The van der Waals surface area contributed by atoms with Crippen molar-refractivity contribution in [3.63, 3.8) is 0 Å². The summed E-state index contributed by atoms with van der Waals surface area (Å²) in [5, 5.41) is 14.8. The van der Waals surface area contributed by atoms with E-state index in [9.17, 15) is 5.11 Å². The van der Waals surface area contributed by atoms with E-state index in [0.717, 1.165) is 37.3 Å². The molecule has 3 atom stereocenters. The highest BCUT2D eigenvalue weighted by Gasteiger charge is 2.46. The summed E-state index contributed by atoms with van der Waals surface area (Å²) in [6.07, 6.45) is 8.09. The highest BCUT2D eigenvalue weighted by molar-refractivity contribution is 5.44. The summed E-state index contributed by atoms with van der Waals surface area (Å²) in [5.74, 6) is 2.15. The monoisotopic (exact) mass is 303 g/mol. The number of hydrogen-bond donors (Lipinski definition) is 2. The van der Waals surface area contributed by atoms with Gasteiger partial charge in [0.2, 0.25) is 6.79 Å². The first-order chi connectivity index (χ1) is 10.8. The van der Waals surface area contributed by atoms with Gasteiger partial charge in [0.25, 0.3) is 0 Å². The Balaban J connectivity index is 1.44. The van der Waals surface area contributed by atoms with Crippen molar-refractivity contribution in [3.8, 4) is 11.5 Å². The lowest BCUT2D eigenvalue weighted by Crippen LogP contribution is -2.58. The van der Waals surface area contributed by atoms with Crippen LogP contribution in [0, 0.1) is 5.92 Å². The number of nitrogens with one attached hydrogen (secondary N) is 1. The Morgan fingerprint density at radius 3 is 2.91 bits per heavy atom. The molecule has 0 radical (unpaired) electrons. The van der Waals surface area contributed by atoms with Gasteiger partial charge in [-0.3, -0.25) is 0 Å². The van der Waals surface area contributed by atoms with E-state index in [0.29, 0.717) is 12.7 Å². The van der Waals surface area contributed by atoms with Crippen LogP contribution in [0.5, 0.6) is 11.5 Å². The van der Waals surface area contributed by atoms with Gasteiger partial charge in [-0.2, -0.15) is 0 Å². The molecule has 0 spiro atoms. The molecule has 2 N–H and O–H groups in total. The summed E-state index contributed by atoms with van der Waals surface area (Å²) in [7, 11) is 0. The third-order valence-electron chi connectivity index (χ3n) is 5.73. The van der Waals surface area contributed by atoms with Crippen molar-refractivity contribution in [2.75, 3.05) is 6.79 Å². The first kappa shape index (κ1) is 14.3. The number of benzene rings is 1. The first-order valence-electron chi connectivity index (χ1n) is 8.60. The molecular formula is C18H25NO3. The summed E-state index contributed by atoms with van der Waals surface area (Å²) in [6.45, 7) is 1.09. The zero-order valence-electron chi connectivity index (χ0n) is 13.0. The molecule has 0 bridgehead atoms. The van der Waals surface area contributed by atoms with Gasteiger partial charge in [-0.1, -0.05) is 25.3 Å². The summed E-state index contributed by atoms with van der Waals surface area (Å²) >= 11 is 0. The first-order valence-corrected chi connectivity index (χ1v) is 8.60. The van der Waals surface area contributed by atoms with Crippen LogP contribution in [0.2, 0.25) is 0 Å². The van der Waals surface area contributed by atoms with Gasteiger partial charge in [-0.15, -0.1) is 0 Å². The predicted molar refractivity (Wildman–Crippen MR) is 84.0 cm³/mol. The molecule has 3 aliphatic rings. The van der Waals surface area contributed by atoms with Gasteiger partial charge in [-0.25, -0.2) is 0 Å². The van der Waals surface area contributed by atoms with Crippen LogP contribution in [0.25, 0.3) is 0 Å². The maximum atomic E-state index is 11.2. The lowest BCUT2D eigenvalue weighted by atomic mass is 9.65. The third kappa shape index (κ3) is 2.48. The Morgan fingerprint density at radius 2 is 1.95 bits per heavy atom. The SMILES string of the molecule is O[C@@]12CCCC[C@@H]1CCC[C@H]2NCc1ccc2c(c1)OCO2. The van der Waals surface area contributed by atoms with Crippen molar-refractivity contribution in [1.29, 1.82) is 0 Å². The Kier molecular flexibility index (Phi) is 3.74. The number of ether oxygens (including phenoxy) is 2. The number of hydrogen-bond acceptors (Lipinski definition) is 4. The van der Waals surface area contributed by atoms with Gasteiger partial charge in [-0.05, 0) is 49.3 Å². The molecule has 0 amide bonds. The van der Waals surface area contributed by atoms with Crippen molar-refractivity contribution in [2.24, 2.45) is 5.92 Å². The third-order valence-corrected chi connectivity index (χ3v) is 5.73. The summed E-state index contributed by atoms with van der Waals surface area (Å²) in [4.78, 5) is 0. The normalized spacial score (nSPS) is 33.5. The van der Waals surface area contributed by atoms with E-state index in [-0.39, 0.29) is 6.04 Å². The van der Waals surface area contributed by atoms with Crippen LogP contribution in [0.4, 0.5) is 0 Å². The Hall–Kier alpha value is -1.26. The molecule has 2 fully saturated rings. The van der Waals surface area contributed by atoms with E-state index in [2.05, 4.69) is 11.4 Å². The fraction of sp³-hybridized carbons (Fsp3) is 0.667. The largest absolute Gasteiger partial charge is 0.454 e. The van der Waals surface area contributed by atoms with Crippen molar-refractivity contribution in [3.05, 3.63) is 23.8 Å². The highest BCUT2D eigenvalue weighted by Crippen LogP contribution is 2.44. The number of rotatable bonds is 3. The fourth-order valence-corrected chi connectivity index (χ4v) is 4.50. The molecule has 2 aliphatic carbocycles. The molecule has 2 saturated carbocycles. The lowest BCUT2D eigenvalue weighted by Gasteiger charge is -2.49. The summed E-state index contributed by atoms with van der Waals surface area (Å²) in [5.41, 5.74) is 0.693. The molecule has 0 saturated heterocycles. The molecule has 1 heterocycles. The Morgan fingerprint density at radius 1 is 1.09 bits per heavy atom. The van der Waals surface area contributed by atoms with E-state index < -0.39 is 5.60 Å². The summed E-state index contributed by atoms with van der Waals surface area (Å²) < 4.78 is 10.8. The quantitative estimate of drug-likeness (QED) is 0.901. The minimum atomic E-state index is -0.493. The second-order valence-corrected chi connectivity index (χ2v) is 6.99. The van der Waals surface area contributed by atoms with E-state index in [1.54, 1.807) is 0 Å². The zero-order chi connectivity index (χ0) is 15.0. The summed E-state index contributed by atoms with van der Waals surface area (Å²) in [6, 6.07) is 6.31. The molecule has 0 unspecified atom stereocenters. The molecule has 1 aromatic carbocycles. The van der Waals surface area contributed by atoms with Crippen molar-refractivity contribution in [1.82, 2.24) is 5.32 Å². The molecule has 4 rings (SSSR count). The second-order valence-electron chi connectivity index (χ2n) is 6.99. The molecular weight excluding hydrogens is 278 g/mol. The smallest absolute Gasteiger partial charge is 0.231 e. The topological polar surface area (TPSA) is 50.7 Å². The Labute approximate surface area is 131 Å². The van der Waals surface area contributed by atoms with Crippen LogP contribution in [-0.4, -0.2) is 23.5 Å². The van der Waals surface area contributed by atoms with Crippen LogP contribution in [-0.2, 0) is 6.54 Å². The standard InChI is InChI=1S/C18H25NO3/c20-18-9-2-1-4-14(18)5-3-6-17(18)19-11-13-7-8-15-16(10-13)22-12-21-15/h7-8,10,14,17,19-20H,1-6,9,11-12H2/t14-,17-,18+/m1/s1. The minimum Gasteiger partial charge on any atom is -0.454 e. The Bertz CT molecular complexity index is 545. The van der Waals surface area contributed by atoms with Crippen molar-refractivity contribution < 1.29 is 14.6 Å². The minimum absolute atomic E-state index is 0.219. The van der Waals surface area contributed by atoms with E-state index in [4.69, 9.17) is 9.47 Å². The van der Waals surface area contributed by atoms with Gasteiger partial charge < -0.3 is 19.9 Å². The molecule has 22 heavy (non-hydrogen) atoms. The molecule has 4 nitrogen and oxygen atoms in total. The van der Waals surface area contributed by atoms with Gasteiger partial charge in [0.1, 0.15) is 0 Å². The molecule has 4 heteroatoms. The number of fused-ring (bicyclic) bond motifs is 2. The second kappa shape index (κ2) is 5.74. The molecule has 1 aromatic rings. The maximum absolute atomic E-state index is 11.2. The van der Waals surface area contributed by atoms with Crippen LogP contribution >= 0.6 is 0 Å². The van der Waals surface area contributed by atoms with E-state index in [1.165, 1.54) is 31.2 Å². The van der Waals surface area contributed by atoms with E-state index in [1.807, 2.05) is 12.1 Å². The van der Waals surface area contributed by atoms with Crippen LogP contribution in [0.15, 0.2) is 18.2 Å². The average Bonchev–Trinajstić information content (AvgIpc) is 3.00. The predicted octanol–water partition coefficient (Wildman–Crippen LogP) is 2.98. The molecule has 0 aromatic heterocycles. The van der Waals surface area contributed by atoms with Crippen LogP contribution < -0.4 is 14.8 Å². The molecule has 1 aliphatic heterocycles. The van der Waals surface area contributed by atoms with Crippen LogP contribution in [0.1, 0.15) is 50.5 Å². The molecule has 120 valence electrons. The fourth-order valence-electron chi connectivity index (χ4n) is 4.50. The lowest BCUT2D eigenvalue weighted by molar-refractivity contribution is -0.0989. The van der Waals surface area contributed by atoms with Crippen LogP contribution in [0.3, 0.4) is 0 Å². The van der Waals surface area contributed by atoms with Gasteiger partial charge in [0, 0.05) is 12.6 Å². The maximum Gasteiger partial charge on any atom is 0.231 e. The average molecular weight is 303 g/mol. The van der Waals surface area contributed by atoms with Gasteiger partial charge in [0.15, 0.2) is 11.5 Å². The van der Waals surface area contributed by atoms with Crippen molar-refractivity contribution in [2.45, 2.75) is 63.1 Å².